The van der Waals surface area contributed by atoms with Crippen molar-refractivity contribution in [1.82, 2.24) is 9.88 Å². The van der Waals surface area contributed by atoms with Crippen LogP contribution < -0.4 is 5.32 Å². The molecule has 4 nitrogen and oxygen atoms in total. The molecule has 0 saturated heterocycles. The standard InChI is InChI=1S/C16H13BrN2O2/c17-15-8-7-14(21-15)16(20)18-11-12-3-5-13(6-4-12)19-9-1-2-10-19/h1-10H,11H2,(H,18,20). The maximum Gasteiger partial charge on any atom is 0.287 e. The van der Waals surface area contributed by atoms with Crippen molar-refractivity contribution in [1.29, 1.82) is 0 Å². The Morgan fingerprint density at radius 1 is 1.10 bits per heavy atom. The lowest BCUT2D eigenvalue weighted by Crippen LogP contribution is -2.22. The third kappa shape index (κ3) is 3.25. The summed E-state index contributed by atoms with van der Waals surface area (Å²) in [5.74, 6) is 0.0704. The molecule has 1 amide bonds. The van der Waals surface area contributed by atoms with E-state index in [4.69, 9.17) is 4.42 Å². The summed E-state index contributed by atoms with van der Waals surface area (Å²) in [5.41, 5.74) is 2.12. The first-order valence-corrected chi connectivity index (χ1v) is 7.27. The van der Waals surface area contributed by atoms with Gasteiger partial charge in [-0.25, -0.2) is 0 Å². The first kappa shape index (κ1) is 13.7. The van der Waals surface area contributed by atoms with Crippen molar-refractivity contribution in [3.63, 3.8) is 0 Å². The van der Waals surface area contributed by atoms with E-state index in [1.807, 2.05) is 53.4 Å². The van der Waals surface area contributed by atoms with Gasteiger partial charge in [0.1, 0.15) is 0 Å². The van der Waals surface area contributed by atoms with Crippen LogP contribution in [0.3, 0.4) is 0 Å². The second kappa shape index (κ2) is 6.01. The van der Waals surface area contributed by atoms with Crippen LogP contribution in [0.25, 0.3) is 5.69 Å². The average molecular weight is 345 g/mol. The predicted molar refractivity (Wildman–Crippen MR) is 83.3 cm³/mol. The van der Waals surface area contributed by atoms with Gasteiger partial charge in [-0.3, -0.25) is 4.79 Å². The molecule has 0 aliphatic rings. The molecular formula is C16H13BrN2O2. The summed E-state index contributed by atoms with van der Waals surface area (Å²) < 4.78 is 7.78. The van der Waals surface area contributed by atoms with Crippen LogP contribution in [0.2, 0.25) is 0 Å². The van der Waals surface area contributed by atoms with E-state index in [0.717, 1.165) is 11.3 Å². The van der Waals surface area contributed by atoms with Crippen LogP contribution in [0, 0.1) is 0 Å². The second-order valence-corrected chi connectivity index (χ2v) is 5.32. The monoisotopic (exact) mass is 344 g/mol. The molecule has 2 heterocycles. The molecule has 0 saturated carbocycles. The van der Waals surface area contributed by atoms with Gasteiger partial charge in [0.05, 0.1) is 0 Å². The fourth-order valence-electron chi connectivity index (χ4n) is 2.00. The SMILES string of the molecule is O=C(NCc1ccc(-n2cccc2)cc1)c1ccc(Br)o1. The number of furan rings is 1. The minimum Gasteiger partial charge on any atom is -0.444 e. The van der Waals surface area contributed by atoms with Crippen LogP contribution in [-0.2, 0) is 6.54 Å². The van der Waals surface area contributed by atoms with Crippen molar-refractivity contribution in [3.8, 4) is 5.69 Å². The van der Waals surface area contributed by atoms with Gasteiger partial charge < -0.3 is 14.3 Å². The quantitative estimate of drug-likeness (QED) is 0.783. The summed E-state index contributed by atoms with van der Waals surface area (Å²) in [5, 5.41) is 2.82. The van der Waals surface area contributed by atoms with Crippen LogP contribution in [0.1, 0.15) is 16.1 Å². The molecule has 21 heavy (non-hydrogen) atoms. The Morgan fingerprint density at radius 2 is 1.81 bits per heavy atom. The second-order valence-electron chi connectivity index (χ2n) is 4.54. The van der Waals surface area contributed by atoms with E-state index < -0.39 is 0 Å². The van der Waals surface area contributed by atoms with Crippen molar-refractivity contribution in [2.75, 3.05) is 0 Å². The normalized spacial score (nSPS) is 10.5. The fourth-order valence-corrected chi connectivity index (χ4v) is 2.30. The van der Waals surface area contributed by atoms with E-state index in [-0.39, 0.29) is 5.91 Å². The Labute approximate surface area is 130 Å². The largest absolute Gasteiger partial charge is 0.444 e. The number of carbonyl (C=O) groups excluding carboxylic acids is 1. The van der Waals surface area contributed by atoms with E-state index in [9.17, 15) is 4.79 Å². The van der Waals surface area contributed by atoms with Crippen LogP contribution in [-0.4, -0.2) is 10.5 Å². The van der Waals surface area contributed by atoms with Crippen molar-refractivity contribution in [3.05, 3.63) is 76.9 Å². The van der Waals surface area contributed by atoms with E-state index in [0.29, 0.717) is 17.0 Å². The average Bonchev–Trinajstić information content (AvgIpc) is 3.16. The topological polar surface area (TPSA) is 47.2 Å². The molecule has 0 unspecified atom stereocenters. The maximum absolute atomic E-state index is 11.9. The zero-order valence-corrected chi connectivity index (χ0v) is 12.7. The number of carbonyl (C=O) groups is 1. The molecule has 2 aromatic heterocycles. The number of amides is 1. The lowest BCUT2D eigenvalue weighted by Gasteiger charge is -2.06. The molecule has 0 atom stereocenters. The van der Waals surface area contributed by atoms with Crippen LogP contribution in [0.4, 0.5) is 0 Å². The Kier molecular flexibility index (Phi) is 3.92. The molecule has 106 valence electrons. The highest BCUT2D eigenvalue weighted by molar-refractivity contribution is 9.10. The summed E-state index contributed by atoms with van der Waals surface area (Å²) in [6, 6.07) is 15.3. The van der Waals surface area contributed by atoms with E-state index in [2.05, 4.69) is 21.2 Å². The number of nitrogens with zero attached hydrogens (tertiary/aromatic N) is 1. The summed E-state index contributed by atoms with van der Waals surface area (Å²) >= 11 is 3.17. The molecule has 0 spiro atoms. The Balaban J connectivity index is 1.62. The summed E-state index contributed by atoms with van der Waals surface area (Å²) in [6.45, 7) is 0.461. The minimum atomic E-state index is -0.227. The predicted octanol–water partition coefficient (Wildman–Crippen LogP) is 3.76. The van der Waals surface area contributed by atoms with E-state index >= 15 is 0 Å². The number of hydrogen-bond donors (Lipinski definition) is 1. The molecule has 0 fully saturated rings. The molecule has 3 aromatic rings. The molecule has 3 rings (SSSR count). The Hall–Kier alpha value is -2.27. The highest BCUT2D eigenvalue weighted by atomic mass is 79.9. The molecule has 0 aliphatic heterocycles. The van der Waals surface area contributed by atoms with Gasteiger partial charge in [-0.1, -0.05) is 12.1 Å². The van der Waals surface area contributed by atoms with Gasteiger partial charge in [-0.2, -0.15) is 0 Å². The first-order valence-electron chi connectivity index (χ1n) is 6.48. The lowest BCUT2D eigenvalue weighted by molar-refractivity contribution is 0.0922. The third-order valence-electron chi connectivity index (χ3n) is 3.09. The molecule has 5 heteroatoms. The zero-order valence-electron chi connectivity index (χ0n) is 11.1. The van der Waals surface area contributed by atoms with Gasteiger partial charge in [0.2, 0.25) is 0 Å². The highest BCUT2D eigenvalue weighted by Gasteiger charge is 2.09. The van der Waals surface area contributed by atoms with Gasteiger partial charge in [0, 0.05) is 24.6 Å². The zero-order chi connectivity index (χ0) is 14.7. The van der Waals surface area contributed by atoms with Gasteiger partial charge in [0.25, 0.3) is 5.91 Å². The summed E-state index contributed by atoms with van der Waals surface area (Å²) in [4.78, 5) is 11.9. The molecule has 1 aromatic carbocycles. The van der Waals surface area contributed by atoms with Gasteiger partial charge in [-0.15, -0.1) is 0 Å². The van der Waals surface area contributed by atoms with Crippen LogP contribution in [0.5, 0.6) is 0 Å². The first-order chi connectivity index (χ1) is 10.2. The summed E-state index contributed by atoms with van der Waals surface area (Å²) in [6.07, 6.45) is 3.98. The minimum absolute atomic E-state index is 0.227. The number of nitrogens with one attached hydrogen (secondary N) is 1. The van der Waals surface area contributed by atoms with Crippen molar-refractivity contribution in [2.45, 2.75) is 6.54 Å². The van der Waals surface area contributed by atoms with E-state index in [1.54, 1.807) is 12.1 Å². The third-order valence-corrected chi connectivity index (χ3v) is 3.52. The van der Waals surface area contributed by atoms with Crippen molar-refractivity contribution < 1.29 is 9.21 Å². The Bertz CT molecular complexity index is 730. The number of rotatable bonds is 4. The van der Waals surface area contributed by atoms with Crippen molar-refractivity contribution in [2.24, 2.45) is 0 Å². The molecule has 1 N–H and O–H groups in total. The smallest absolute Gasteiger partial charge is 0.287 e. The van der Waals surface area contributed by atoms with E-state index in [1.165, 1.54) is 0 Å². The molecule has 0 aliphatic carbocycles. The number of aromatic nitrogens is 1. The number of halogens is 1. The number of benzene rings is 1. The van der Waals surface area contributed by atoms with Gasteiger partial charge in [0.15, 0.2) is 10.4 Å². The van der Waals surface area contributed by atoms with Crippen LogP contribution in [0.15, 0.2) is 70.0 Å². The van der Waals surface area contributed by atoms with Crippen molar-refractivity contribution >= 4 is 21.8 Å². The number of hydrogen-bond acceptors (Lipinski definition) is 2. The fraction of sp³-hybridized carbons (Fsp3) is 0.0625. The molecule has 0 radical (unpaired) electrons. The maximum atomic E-state index is 11.9. The Morgan fingerprint density at radius 3 is 2.43 bits per heavy atom. The molecule has 0 bridgehead atoms. The highest BCUT2D eigenvalue weighted by Crippen LogP contribution is 2.14. The van der Waals surface area contributed by atoms with Crippen LogP contribution >= 0.6 is 15.9 Å². The molecular weight excluding hydrogens is 332 g/mol. The summed E-state index contributed by atoms with van der Waals surface area (Å²) in [7, 11) is 0. The lowest BCUT2D eigenvalue weighted by atomic mass is 10.2. The van der Waals surface area contributed by atoms with Gasteiger partial charge >= 0.3 is 0 Å². The van der Waals surface area contributed by atoms with Gasteiger partial charge in [-0.05, 0) is 57.9 Å².